The molecule has 2 aromatic carbocycles. The molecule has 0 saturated carbocycles. The van der Waals surface area contributed by atoms with Crippen LogP contribution in [-0.2, 0) is 22.2 Å². The molecule has 4 nitrogen and oxygen atoms in total. The third-order valence-electron chi connectivity index (χ3n) is 6.91. The highest BCUT2D eigenvalue weighted by molar-refractivity contribution is 5.73. The van der Waals surface area contributed by atoms with Gasteiger partial charge >= 0.3 is 0 Å². The van der Waals surface area contributed by atoms with E-state index in [1.54, 1.807) is 0 Å². The summed E-state index contributed by atoms with van der Waals surface area (Å²) in [5.74, 6) is -1.68. The van der Waals surface area contributed by atoms with Gasteiger partial charge < -0.3 is 15.7 Å². The number of carbonyl (C=O) groups is 1. The first-order chi connectivity index (χ1) is 16.4. The van der Waals surface area contributed by atoms with Crippen molar-refractivity contribution in [2.24, 2.45) is 0 Å². The number of amides is 1. The van der Waals surface area contributed by atoms with Crippen molar-refractivity contribution in [3.63, 3.8) is 0 Å². The topological polar surface area (TPSA) is 61.4 Å². The molecule has 0 saturated heterocycles. The molecule has 190 valence electrons. The van der Waals surface area contributed by atoms with Crippen LogP contribution < -0.4 is 10.6 Å². The fourth-order valence-corrected chi connectivity index (χ4v) is 4.74. The number of hydrogen-bond acceptors (Lipinski definition) is 3. The Bertz CT molecular complexity index is 1060. The molecule has 0 spiro atoms. The number of carbonyl (C=O) groups excluding carboxylic acids is 1. The first-order valence-corrected chi connectivity index (χ1v) is 12.3. The first kappa shape index (κ1) is 27.0. The van der Waals surface area contributed by atoms with Gasteiger partial charge in [-0.1, -0.05) is 56.7 Å². The molecule has 3 rings (SSSR count). The molecule has 0 aromatic heterocycles. The van der Waals surface area contributed by atoms with Crippen LogP contribution in [0.2, 0.25) is 0 Å². The number of aliphatic hydroxyl groups is 1. The zero-order valence-electron chi connectivity index (χ0n) is 21.4. The van der Waals surface area contributed by atoms with Gasteiger partial charge in [0.05, 0.1) is 12.1 Å². The maximum atomic E-state index is 13.7. The molecule has 1 amide bonds. The summed E-state index contributed by atoms with van der Waals surface area (Å²) in [4.78, 5) is 11.8. The molecule has 1 aliphatic rings. The summed E-state index contributed by atoms with van der Waals surface area (Å²) >= 11 is 0. The highest BCUT2D eigenvalue weighted by Crippen LogP contribution is 2.38. The third kappa shape index (κ3) is 7.21. The highest BCUT2D eigenvalue weighted by Gasteiger charge is 2.35. The van der Waals surface area contributed by atoms with Gasteiger partial charge in [0.25, 0.3) is 0 Å². The molecule has 0 aliphatic heterocycles. The van der Waals surface area contributed by atoms with Crippen molar-refractivity contribution in [1.29, 1.82) is 0 Å². The average Bonchev–Trinajstić information content (AvgIpc) is 2.77. The molecule has 3 atom stereocenters. The monoisotopic (exact) mass is 484 g/mol. The second-order valence-electron chi connectivity index (χ2n) is 10.9. The molecule has 35 heavy (non-hydrogen) atoms. The maximum Gasteiger partial charge on any atom is 0.217 e. The Hall–Kier alpha value is -2.57. The van der Waals surface area contributed by atoms with Gasteiger partial charge in [-0.3, -0.25) is 4.79 Å². The number of hydrogen-bond donors (Lipinski definition) is 3. The van der Waals surface area contributed by atoms with Crippen molar-refractivity contribution in [2.45, 2.75) is 83.4 Å². The lowest BCUT2D eigenvalue weighted by Crippen LogP contribution is -2.53. The standard InChI is InChI=1S/C29H38F2N2O2/c1-19-9-11-29(12-10-19,23-8-6-7-22(16-23)28(3,4)5)32-18-27(35)26(33-20(2)34)15-21-13-24(30)17-25(31)14-21/h6-9,13-14,16-17,26-27,32,35H,10-12,15,18H2,1-5H3,(H,33,34)/t26-,27+,29?/m0/s1. The van der Waals surface area contributed by atoms with Crippen LogP contribution in [0.3, 0.4) is 0 Å². The van der Waals surface area contributed by atoms with E-state index in [-0.39, 0.29) is 29.8 Å². The molecular weight excluding hydrogens is 446 g/mol. The lowest BCUT2D eigenvalue weighted by atomic mass is 9.75. The van der Waals surface area contributed by atoms with Crippen LogP contribution in [-0.4, -0.2) is 29.7 Å². The van der Waals surface area contributed by atoms with Crippen molar-refractivity contribution in [3.05, 3.63) is 82.4 Å². The predicted molar refractivity (Wildman–Crippen MR) is 136 cm³/mol. The van der Waals surface area contributed by atoms with E-state index in [0.29, 0.717) is 5.56 Å². The van der Waals surface area contributed by atoms with Gasteiger partial charge in [0, 0.05) is 25.1 Å². The Morgan fingerprint density at radius 2 is 1.83 bits per heavy atom. The van der Waals surface area contributed by atoms with E-state index < -0.39 is 23.8 Å². The number of allylic oxidation sites excluding steroid dienone is 1. The van der Waals surface area contributed by atoms with E-state index in [4.69, 9.17) is 0 Å². The molecule has 0 radical (unpaired) electrons. The van der Waals surface area contributed by atoms with Crippen molar-refractivity contribution < 1.29 is 18.7 Å². The molecule has 0 bridgehead atoms. The van der Waals surface area contributed by atoms with E-state index in [9.17, 15) is 18.7 Å². The van der Waals surface area contributed by atoms with Crippen LogP contribution in [0.15, 0.2) is 54.1 Å². The number of aliphatic hydroxyl groups excluding tert-OH is 1. The Morgan fingerprint density at radius 1 is 1.14 bits per heavy atom. The first-order valence-electron chi connectivity index (χ1n) is 12.3. The Kier molecular flexibility index (Phi) is 8.50. The lowest BCUT2D eigenvalue weighted by Gasteiger charge is -2.40. The third-order valence-corrected chi connectivity index (χ3v) is 6.91. The van der Waals surface area contributed by atoms with Gasteiger partial charge in [0.2, 0.25) is 5.91 Å². The second kappa shape index (κ2) is 11.0. The summed E-state index contributed by atoms with van der Waals surface area (Å²) in [6.07, 6.45) is 4.02. The van der Waals surface area contributed by atoms with Gasteiger partial charge in [-0.05, 0) is 66.8 Å². The minimum atomic E-state index is -0.958. The predicted octanol–water partition coefficient (Wildman–Crippen LogP) is 5.29. The van der Waals surface area contributed by atoms with Gasteiger partial charge in [0.15, 0.2) is 0 Å². The van der Waals surface area contributed by atoms with Crippen LogP contribution in [0.5, 0.6) is 0 Å². The largest absolute Gasteiger partial charge is 0.390 e. The lowest BCUT2D eigenvalue weighted by molar-refractivity contribution is -0.120. The van der Waals surface area contributed by atoms with Crippen LogP contribution in [0.1, 0.15) is 70.6 Å². The average molecular weight is 485 g/mol. The molecule has 3 N–H and O–H groups in total. The van der Waals surface area contributed by atoms with Crippen LogP contribution in [0.4, 0.5) is 8.78 Å². The zero-order chi connectivity index (χ0) is 25.8. The second-order valence-corrected chi connectivity index (χ2v) is 10.9. The quantitative estimate of drug-likeness (QED) is 0.447. The van der Waals surface area contributed by atoms with E-state index in [1.807, 2.05) is 0 Å². The van der Waals surface area contributed by atoms with Gasteiger partial charge in [-0.2, -0.15) is 0 Å². The summed E-state index contributed by atoms with van der Waals surface area (Å²) < 4.78 is 27.4. The van der Waals surface area contributed by atoms with Gasteiger partial charge in [0.1, 0.15) is 11.6 Å². The Morgan fingerprint density at radius 3 is 2.40 bits per heavy atom. The molecule has 1 unspecified atom stereocenters. The van der Waals surface area contributed by atoms with Crippen LogP contribution in [0.25, 0.3) is 0 Å². The summed E-state index contributed by atoms with van der Waals surface area (Å²) in [5.41, 5.74) is 3.79. The summed E-state index contributed by atoms with van der Waals surface area (Å²) in [7, 11) is 0. The summed E-state index contributed by atoms with van der Waals surface area (Å²) in [5, 5.41) is 17.5. The SMILES string of the molecule is CC(=O)N[C@@H](Cc1cc(F)cc(F)c1)[C@H](O)CNC1(c2cccc(C(C)(C)C)c2)CC=C(C)CC1. The van der Waals surface area contributed by atoms with Crippen molar-refractivity contribution >= 4 is 5.91 Å². The molecule has 6 heteroatoms. The number of nitrogens with one attached hydrogen (secondary N) is 2. The summed E-state index contributed by atoms with van der Waals surface area (Å²) in [6, 6.07) is 11.2. The maximum absolute atomic E-state index is 13.7. The van der Waals surface area contributed by atoms with Crippen LogP contribution >= 0.6 is 0 Å². The van der Waals surface area contributed by atoms with E-state index >= 15 is 0 Å². The smallest absolute Gasteiger partial charge is 0.217 e. The normalized spacial score (nSPS) is 20.2. The van der Waals surface area contributed by atoms with E-state index in [1.165, 1.54) is 35.8 Å². The fourth-order valence-electron chi connectivity index (χ4n) is 4.74. The number of rotatable bonds is 8. The van der Waals surface area contributed by atoms with Crippen LogP contribution in [0, 0.1) is 11.6 Å². The Labute approximate surface area is 207 Å². The van der Waals surface area contributed by atoms with Gasteiger partial charge in [-0.25, -0.2) is 8.78 Å². The minimum Gasteiger partial charge on any atom is -0.390 e. The zero-order valence-corrected chi connectivity index (χ0v) is 21.4. The number of benzene rings is 2. The molecule has 2 aromatic rings. The highest BCUT2D eigenvalue weighted by atomic mass is 19.1. The van der Waals surface area contributed by atoms with Crippen molar-refractivity contribution in [3.8, 4) is 0 Å². The van der Waals surface area contributed by atoms with Crippen molar-refractivity contribution in [2.75, 3.05) is 6.54 Å². The number of halogens is 2. The summed E-state index contributed by atoms with van der Waals surface area (Å²) in [6.45, 7) is 10.3. The van der Waals surface area contributed by atoms with Crippen molar-refractivity contribution in [1.82, 2.24) is 10.6 Å². The Balaban J connectivity index is 1.84. The van der Waals surface area contributed by atoms with E-state index in [2.05, 4.69) is 68.7 Å². The molecule has 0 heterocycles. The minimum absolute atomic E-state index is 0.00781. The van der Waals surface area contributed by atoms with E-state index in [0.717, 1.165) is 25.3 Å². The molecule has 0 fully saturated rings. The fraction of sp³-hybridized carbons (Fsp3) is 0.483. The molecule has 1 aliphatic carbocycles. The van der Waals surface area contributed by atoms with Gasteiger partial charge in [-0.15, -0.1) is 0 Å². The molecular formula is C29H38F2N2O2.